The van der Waals surface area contributed by atoms with Crippen LogP contribution in [0.15, 0.2) is 54.6 Å². The molecule has 0 aliphatic carbocycles. The largest absolute Gasteiger partial charge is 0.336 e. The first-order chi connectivity index (χ1) is 20.6. The summed E-state index contributed by atoms with van der Waals surface area (Å²) in [7, 11) is 0. The van der Waals surface area contributed by atoms with Crippen LogP contribution in [-0.2, 0) is 16.1 Å². The Morgan fingerprint density at radius 2 is 1.37 bits per heavy atom. The van der Waals surface area contributed by atoms with Gasteiger partial charge in [-0.15, -0.1) is 0 Å². The Kier molecular flexibility index (Phi) is 7.47. The molecule has 0 saturated carbocycles. The van der Waals surface area contributed by atoms with Crippen LogP contribution in [0.1, 0.15) is 56.3 Å². The highest BCUT2D eigenvalue weighted by molar-refractivity contribution is 6.06. The number of amides is 4. The second-order valence-electron chi connectivity index (χ2n) is 10.9. The number of rotatable bonds is 5. The Labute approximate surface area is 243 Å². The van der Waals surface area contributed by atoms with Crippen LogP contribution in [0.5, 0.6) is 0 Å². The first kappa shape index (κ1) is 28.5. The standard InChI is InChI=1S/C31H26F4N4O4/c32-21-10-18(11-22(33)14-21)28(19-12-23(34)15-24(35)13-19)37-5-7-38(8-6-37)30(42)17-1-2-25-20(9-17)16-39(31(25)43)26-3-4-27(40)36-29(26)41/h1-2,9-15,26,28H,3-8,16H2,(H,36,40,41). The van der Waals surface area contributed by atoms with Crippen LogP contribution in [0, 0.1) is 23.3 Å². The molecule has 12 heteroatoms. The van der Waals surface area contributed by atoms with Crippen LogP contribution in [0.3, 0.4) is 0 Å². The van der Waals surface area contributed by atoms with E-state index >= 15 is 0 Å². The van der Waals surface area contributed by atoms with Crippen molar-refractivity contribution in [1.82, 2.24) is 20.0 Å². The molecule has 1 N–H and O–H groups in total. The van der Waals surface area contributed by atoms with Gasteiger partial charge in [-0.25, -0.2) is 17.6 Å². The van der Waals surface area contributed by atoms with Crippen LogP contribution in [0.25, 0.3) is 0 Å². The van der Waals surface area contributed by atoms with Gasteiger partial charge in [-0.1, -0.05) is 0 Å². The number of hydrogen-bond acceptors (Lipinski definition) is 5. The van der Waals surface area contributed by atoms with Crippen molar-refractivity contribution >= 4 is 23.6 Å². The molecule has 0 aromatic heterocycles. The number of benzene rings is 3. The van der Waals surface area contributed by atoms with Crippen molar-refractivity contribution in [3.8, 4) is 0 Å². The van der Waals surface area contributed by atoms with E-state index in [1.54, 1.807) is 23.1 Å². The zero-order valence-electron chi connectivity index (χ0n) is 22.8. The highest BCUT2D eigenvalue weighted by Crippen LogP contribution is 2.33. The monoisotopic (exact) mass is 594 g/mol. The molecule has 3 aromatic rings. The lowest BCUT2D eigenvalue weighted by Gasteiger charge is -2.40. The van der Waals surface area contributed by atoms with Crippen LogP contribution in [-0.4, -0.2) is 70.5 Å². The van der Waals surface area contributed by atoms with E-state index in [0.29, 0.717) is 16.7 Å². The molecule has 222 valence electrons. The number of nitrogens with one attached hydrogen (secondary N) is 1. The Morgan fingerprint density at radius 1 is 0.791 bits per heavy atom. The highest BCUT2D eigenvalue weighted by Gasteiger charge is 2.39. The minimum Gasteiger partial charge on any atom is -0.336 e. The minimum absolute atomic E-state index is 0.130. The fourth-order valence-electron chi connectivity index (χ4n) is 6.15. The third-order valence-electron chi connectivity index (χ3n) is 8.14. The molecule has 0 spiro atoms. The molecule has 2 fully saturated rings. The van der Waals surface area contributed by atoms with Gasteiger partial charge in [0.1, 0.15) is 29.3 Å². The van der Waals surface area contributed by atoms with Gasteiger partial charge in [-0.05, 0) is 65.6 Å². The quantitative estimate of drug-likeness (QED) is 0.361. The van der Waals surface area contributed by atoms with E-state index in [4.69, 9.17) is 0 Å². The van der Waals surface area contributed by atoms with Gasteiger partial charge >= 0.3 is 0 Å². The molecule has 8 nitrogen and oxygen atoms in total. The molecule has 0 bridgehead atoms. The normalized spacial score (nSPS) is 19.2. The molecule has 6 rings (SSSR count). The lowest BCUT2D eigenvalue weighted by atomic mass is 9.95. The van der Waals surface area contributed by atoms with Crippen molar-refractivity contribution < 1.29 is 36.7 Å². The molecule has 3 aliphatic rings. The summed E-state index contributed by atoms with van der Waals surface area (Å²) >= 11 is 0. The molecule has 43 heavy (non-hydrogen) atoms. The topological polar surface area (TPSA) is 90.0 Å². The maximum absolute atomic E-state index is 14.2. The highest BCUT2D eigenvalue weighted by atomic mass is 19.1. The summed E-state index contributed by atoms with van der Waals surface area (Å²) in [5, 5.41) is 2.26. The van der Waals surface area contributed by atoms with Crippen LogP contribution in [0.4, 0.5) is 17.6 Å². The molecule has 3 aromatic carbocycles. The Morgan fingerprint density at radius 3 is 1.93 bits per heavy atom. The average Bonchev–Trinajstić information content (AvgIpc) is 3.27. The van der Waals surface area contributed by atoms with Crippen molar-refractivity contribution in [2.75, 3.05) is 26.2 Å². The molecule has 4 amide bonds. The molecular weight excluding hydrogens is 568 g/mol. The molecule has 3 aliphatic heterocycles. The van der Waals surface area contributed by atoms with Gasteiger partial charge in [-0.2, -0.15) is 0 Å². The summed E-state index contributed by atoms with van der Waals surface area (Å²) in [5.41, 5.74) is 1.71. The average molecular weight is 595 g/mol. The number of halogens is 4. The third kappa shape index (κ3) is 5.62. The van der Waals surface area contributed by atoms with E-state index in [1.807, 2.05) is 4.90 Å². The number of piperidine rings is 1. The summed E-state index contributed by atoms with van der Waals surface area (Å²) in [6.45, 7) is 1.08. The van der Waals surface area contributed by atoms with Crippen molar-refractivity contribution in [3.05, 3.63) is 106 Å². The summed E-state index contributed by atoms with van der Waals surface area (Å²) in [6, 6.07) is 9.03. The number of carbonyl (C=O) groups is 4. The number of hydrogen-bond donors (Lipinski definition) is 1. The number of nitrogens with zero attached hydrogens (tertiary/aromatic N) is 3. The maximum atomic E-state index is 14.2. The van der Waals surface area contributed by atoms with Crippen LogP contribution < -0.4 is 5.32 Å². The van der Waals surface area contributed by atoms with Gasteiger partial charge in [0.25, 0.3) is 11.8 Å². The van der Waals surface area contributed by atoms with E-state index in [0.717, 1.165) is 36.4 Å². The first-order valence-electron chi connectivity index (χ1n) is 13.8. The Bertz CT molecular complexity index is 1560. The summed E-state index contributed by atoms with van der Waals surface area (Å²) in [4.78, 5) is 55.1. The zero-order valence-corrected chi connectivity index (χ0v) is 22.8. The number of piperazine rings is 1. The second-order valence-corrected chi connectivity index (χ2v) is 10.9. The number of fused-ring (bicyclic) bond motifs is 1. The van der Waals surface area contributed by atoms with E-state index in [1.165, 1.54) is 4.90 Å². The van der Waals surface area contributed by atoms with E-state index < -0.39 is 41.3 Å². The van der Waals surface area contributed by atoms with Crippen molar-refractivity contribution in [2.45, 2.75) is 31.5 Å². The zero-order chi connectivity index (χ0) is 30.4. The van der Waals surface area contributed by atoms with Crippen molar-refractivity contribution in [2.24, 2.45) is 0 Å². The first-order valence-corrected chi connectivity index (χ1v) is 13.8. The summed E-state index contributed by atoms with van der Waals surface area (Å²) in [6.07, 6.45) is 0.362. The molecule has 3 heterocycles. The fourth-order valence-corrected chi connectivity index (χ4v) is 6.15. The maximum Gasteiger partial charge on any atom is 0.255 e. The molecular formula is C31H26F4N4O4. The Hall–Kier alpha value is -4.58. The van der Waals surface area contributed by atoms with Crippen molar-refractivity contribution in [1.29, 1.82) is 0 Å². The molecule has 2 saturated heterocycles. The predicted molar refractivity (Wildman–Crippen MR) is 145 cm³/mol. The van der Waals surface area contributed by atoms with Crippen molar-refractivity contribution in [3.63, 3.8) is 0 Å². The van der Waals surface area contributed by atoms with E-state index in [-0.39, 0.29) is 74.4 Å². The molecule has 0 radical (unpaired) electrons. The third-order valence-corrected chi connectivity index (χ3v) is 8.14. The lowest BCUT2D eigenvalue weighted by Crippen LogP contribution is -2.52. The smallest absolute Gasteiger partial charge is 0.255 e. The number of imide groups is 1. The molecule has 1 atom stereocenters. The lowest BCUT2D eigenvalue weighted by molar-refractivity contribution is -0.136. The van der Waals surface area contributed by atoms with Gasteiger partial charge in [0.15, 0.2) is 0 Å². The van der Waals surface area contributed by atoms with E-state index in [2.05, 4.69) is 5.32 Å². The summed E-state index contributed by atoms with van der Waals surface area (Å²) in [5.74, 6) is -4.82. The Balaban J connectivity index is 1.18. The minimum atomic E-state index is -0.864. The summed E-state index contributed by atoms with van der Waals surface area (Å²) < 4.78 is 56.6. The van der Waals surface area contributed by atoms with E-state index in [9.17, 15) is 36.7 Å². The SMILES string of the molecule is O=C1CCC(N2Cc3cc(C(=O)N4CCN(C(c5cc(F)cc(F)c5)c5cc(F)cc(F)c5)CC4)ccc3C2=O)C(=O)N1. The molecule has 1 unspecified atom stereocenters. The van der Waals surface area contributed by atoms with Crippen LogP contribution in [0.2, 0.25) is 0 Å². The van der Waals surface area contributed by atoms with Gasteiger partial charge in [0.2, 0.25) is 11.8 Å². The van der Waals surface area contributed by atoms with Gasteiger partial charge < -0.3 is 9.80 Å². The number of carbonyl (C=O) groups excluding carboxylic acids is 4. The predicted octanol–water partition coefficient (Wildman–Crippen LogP) is 3.55. The van der Waals surface area contributed by atoms with Gasteiger partial charge in [0, 0.05) is 62.4 Å². The second kappa shape index (κ2) is 11.3. The van der Waals surface area contributed by atoms with Gasteiger partial charge in [0.05, 0.1) is 6.04 Å². The van der Waals surface area contributed by atoms with Gasteiger partial charge in [-0.3, -0.25) is 29.4 Å². The van der Waals surface area contributed by atoms with Crippen LogP contribution >= 0.6 is 0 Å². The fraction of sp³-hybridized carbons (Fsp3) is 0.290.